The van der Waals surface area contributed by atoms with Gasteiger partial charge < -0.3 is 24.3 Å². The van der Waals surface area contributed by atoms with E-state index in [1.165, 1.54) is 0 Å². The highest BCUT2D eigenvalue weighted by atomic mass is 16.6. The van der Waals surface area contributed by atoms with Gasteiger partial charge in [-0.1, -0.05) is 24.3 Å². The molecule has 1 fully saturated rings. The number of nitrogens with one attached hydrogen (secondary N) is 1. The average Bonchev–Trinajstić information content (AvgIpc) is 3.26. The fraction of sp³-hybridized carbons (Fsp3) is 0.520. The van der Waals surface area contributed by atoms with Crippen molar-refractivity contribution in [2.45, 2.75) is 65.3 Å². The summed E-state index contributed by atoms with van der Waals surface area (Å²) < 4.78 is 12.9. The predicted molar refractivity (Wildman–Crippen MR) is 123 cm³/mol. The van der Waals surface area contributed by atoms with Crippen LogP contribution in [-0.2, 0) is 22.6 Å². The van der Waals surface area contributed by atoms with E-state index in [9.17, 15) is 9.59 Å². The monoisotopic (exact) mass is 441 g/mol. The highest BCUT2D eigenvalue weighted by Gasteiger charge is 2.28. The van der Waals surface area contributed by atoms with E-state index in [0.29, 0.717) is 38.5 Å². The van der Waals surface area contributed by atoms with Crippen LogP contribution in [0.15, 0.2) is 42.6 Å². The zero-order valence-corrected chi connectivity index (χ0v) is 19.6. The Balaban J connectivity index is 1.53. The number of aromatic nitrogens is 1. The van der Waals surface area contributed by atoms with Crippen molar-refractivity contribution in [3.8, 4) is 0 Å². The Bertz CT molecular complexity index is 891. The summed E-state index contributed by atoms with van der Waals surface area (Å²) in [5, 5.41) is 3.02. The molecule has 2 heterocycles. The molecular weight excluding hydrogens is 406 g/mol. The molecule has 1 aromatic heterocycles. The van der Waals surface area contributed by atoms with Crippen LogP contribution in [0.3, 0.4) is 0 Å². The Morgan fingerprint density at radius 2 is 1.72 bits per heavy atom. The highest BCUT2D eigenvalue weighted by Crippen LogP contribution is 2.25. The molecule has 2 aromatic rings. The molecule has 0 atom stereocenters. The number of benzene rings is 1. The second-order valence-electron chi connectivity index (χ2n) is 9.14. The quantitative estimate of drug-likeness (QED) is 0.685. The van der Waals surface area contributed by atoms with Gasteiger partial charge in [-0.15, -0.1) is 0 Å². The number of likely N-dealkylation sites (tertiary alicyclic amines) is 1. The van der Waals surface area contributed by atoms with Crippen LogP contribution in [0.5, 0.6) is 0 Å². The maximum atomic E-state index is 12.8. The minimum absolute atomic E-state index is 0.0945. The van der Waals surface area contributed by atoms with E-state index < -0.39 is 5.60 Å². The van der Waals surface area contributed by atoms with Crippen LogP contribution in [-0.4, -0.2) is 46.8 Å². The summed E-state index contributed by atoms with van der Waals surface area (Å²) in [6.45, 7) is 10.6. The number of carbonyl (C=O) groups excluding carboxylic acids is 2. The predicted octanol–water partition coefficient (Wildman–Crippen LogP) is 4.53. The molecule has 1 aliphatic rings. The molecule has 7 nitrogen and oxygen atoms in total. The second-order valence-corrected chi connectivity index (χ2v) is 9.14. The van der Waals surface area contributed by atoms with Crippen molar-refractivity contribution in [1.82, 2.24) is 14.8 Å². The summed E-state index contributed by atoms with van der Waals surface area (Å²) >= 11 is 0. The van der Waals surface area contributed by atoms with Crippen LogP contribution < -0.4 is 5.32 Å². The van der Waals surface area contributed by atoms with Crippen molar-refractivity contribution in [2.75, 3.05) is 19.7 Å². The molecule has 32 heavy (non-hydrogen) atoms. The van der Waals surface area contributed by atoms with E-state index in [0.717, 1.165) is 24.0 Å². The van der Waals surface area contributed by atoms with E-state index in [4.69, 9.17) is 9.47 Å². The number of piperidine rings is 1. The Kier molecular flexibility index (Phi) is 7.96. The minimum Gasteiger partial charge on any atom is -0.444 e. The molecule has 3 rings (SSSR count). The van der Waals surface area contributed by atoms with Gasteiger partial charge in [-0.3, -0.25) is 4.79 Å². The lowest BCUT2D eigenvalue weighted by molar-refractivity contribution is 0.0187. The first-order valence-corrected chi connectivity index (χ1v) is 11.4. The normalized spacial score (nSPS) is 14.9. The molecule has 0 radical (unpaired) electrons. The van der Waals surface area contributed by atoms with Gasteiger partial charge >= 0.3 is 6.09 Å². The van der Waals surface area contributed by atoms with Crippen molar-refractivity contribution in [2.24, 2.45) is 0 Å². The zero-order chi connectivity index (χ0) is 23.1. The Morgan fingerprint density at radius 3 is 2.34 bits per heavy atom. The zero-order valence-electron chi connectivity index (χ0n) is 19.6. The van der Waals surface area contributed by atoms with Gasteiger partial charge in [0.15, 0.2) is 0 Å². The number of hydrogen-bond acceptors (Lipinski definition) is 4. The molecule has 174 valence electrons. The summed E-state index contributed by atoms with van der Waals surface area (Å²) in [6, 6.07) is 12.0. The first-order valence-electron chi connectivity index (χ1n) is 11.4. The Labute approximate surface area is 190 Å². The van der Waals surface area contributed by atoms with Crippen molar-refractivity contribution in [3.63, 3.8) is 0 Å². The van der Waals surface area contributed by atoms with E-state index in [1.807, 2.05) is 74.9 Å². The van der Waals surface area contributed by atoms with Crippen molar-refractivity contribution >= 4 is 12.0 Å². The first kappa shape index (κ1) is 23.9. The standard InChI is InChI=1S/C25H35N3O4/c1-5-31-18-20-10-8-19(9-11-20)17-26-23(29)22-7-6-14-28(22)21-12-15-27(16-13-21)24(30)32-25(2,3)4/h6-11,14,21H,5,12-13,15-18H2,1-4H3,(H,26,29). The highest BCUT2D eigenvalue weighted by molar-refractivity contribution is 5.92. The Hall–Kier alpha value is -2.80. The third-order valence-electron chi connectivity index (χ3n) is 5.47. The first-order chi connectivity index (χ1) is 15.3. The molecule has 0 bridgehead atoms. The van der Waals surface area contributed by atoms with Gasteiger partial charge in [0.2, 0.25) is 0 Å². The van der Waals surface area contributed by atoms with Crippen LogP contribution in [0.25, 0.3) is 0 Å². The SMILES string of the molecule is CCOCc1ccc(CNC(=O)c2cccn2C2CCN(C(=O)OC(C)(C)C)CC2)cc1. The van der Waals surface area contributed by atoms with Gasteiger partial charge in [0.1, 0.15) is 11.3 Å². The molecule has 2 amide bonds. The molecule has 0 unspecified atom stereocenters. The van der Waals surface area contributed by atoms with Crippen molar-refractivity contribution in [3.05, 3.63) is 59.4 Å². The molecule has 7 heteroatoms. The van der Waals surface area contributed by atoms with Crippen LogP contribution in [0, 0.1) is 0 Å². The average molecular weight is 442 g/mol. The maximum Gasteiger partial charge on any atom is 0.410 e. The summed E-state index contributed by atoms with van der Waals surface area (Å²) in [4.78, 5) is 26.9. The number of hydrogen-bond donors (Lipinski definition) is 1. The summed E-state index contributed by atoms with van der Waals surface area (Å²) in [7, 11) is 0. The van der Waals surface area contributed by atoms with Crippen LogP contribution in [0.4, 0.5) is 4.79 Å². The summed E-state index contributed by atoms with van der Waals surface area (Å²) in [5.41, 5.74) is 2.31. The van der Waals surface area contributed by atoms with Crippen LogP contribution in [0.1, 0.15) is 68.2 Å². The lowest BCUT2D eigenvalue weighted by Crippen LogP contribution is -2.42. The third-order valence-corrected chi connectivity index (χ3v) is 5.47. The van der Waals surface area contributed by atoms with E-state index >= 15 is 0 Å². The Morgan fingerprint density at radius 1 is 1.06 bits per heavy atom. The number of carbonyl (C=O) groups is 2. The van der Waals surface area contributed by atoms with E-state index in [1.54, 1.807) is 4.90 Å². The molecule has 1 aromatic carbocycles. The summed E-state index contributed by atoms with van der Waals surface area (Å²) in [6.07, 6.45) is 3.25. The number of amides is 2. The molecule has 0 saturated carbocycles. The topological polar surface area (TPSA) is 72.8 Å². The second kappa shape index (κ2) is 10.7. The molecule has 1 N–H and O–H groups in total. The van der Waals surface area contributed by atoms with Gasteiger partial charge in [-0.25, -0.2) is 4.79 Å². The number of ether oxygens (including phenoxy) is 2. The third kappa shape index (κ3) is 6.60. The van der Waals surface area contributed by atoms with Crippen molar-refractivity contribution in [1.29, 1.82) is 0 Å². The van der Waals surface area contributed by atoms with Gasteiger partial charge in [-0.05, 0) is 63.8 Å². The smallest absolute Gasteiger partial charge is 0.410 e. The molecular formula is C25H35N3O4. The summed E-state index contributed by atoms with van der Waals surface area (Å²) in [5.74, 6) is -0.0945. The number of rotatable bonds is 7. The lowest BCUT2D eigenvalue weighted by Gasteiger charge is -2.34. The number of nitrogens with zero attached hydrogens (tertiary/aromatic N) is 2. The van der Waals surface area contributed by atoms with E-state index in [-0.39, 0.29) is 18.0 Å². The van der Waals surface area contributed by atoms with Gasteiger partial charge in [0.25, 0.3) is 5.91 Å². The van der Waals surface area contributed by atoms with Crippen molar-refractivity contribution < 1.29 is 19.1 Å². The lowest BCUT2D eigenvalue weighted by atomic mass is 10.0. The fourth-order valence-corrected chi connectivity index (χ4v) is 3.80. The fourth-order valence-electron chi connectivity index (χ4n) is 3.80. The largest absolute Gasteiger partial charge is 0.444 e. The van der Waals surface area contributed by atoms with Crippen LogP contribution in [0.2, 0.25) is 0 Å². The van der Waals surface area contributed by atoms with Gasteiger partial charge in [0, 0.05) is 38.5 Å². The minimum atomic E-state index is -0.497. The maximum absolute atomic E-state index is 12.8. The molecule has 1 saturated heterocycles. The molecule has 1 aliphatic heterocycles. The molecule has 0 aliphatic carbocycles. The van der Waals surface area contributed by atoms with Gasteiger partial charge in [-0.2, -0.15) is 0 Å². The van der Waals surface area contributed by atoms with Gasteiger partial charge in [0.05, 0.1) is 6.61 Å². The van der Waals surface area contributed by atoms with Crippen LogP contribution >= 0.6 is 0 Å². The van der Waals surface area contributed by atoms with E-state index in [2.05, 4.69) is 5.32 Å². The molecule has 0 spiro atoms.